The van der Waals surface area contributed by atoms with Crippen molar-refractivity contribution in [3.05, 3.63) is 0 Å². The Morgan fingerprint density at radius 3 is 2.47 bits per heavy atom. The lowest BCUT2D eigenvalue weighted by molar-refractivity contribution is 0.0807. The van der Waals surface area contributed by atoms with Crippen molar-refractivity contribution in [2.24, 2.45) is 5.41 Å². The minimum absolute atomic E-state index is 0.559. The van der Waals surface area contributed by atoms with Crippen LogP contribution in [0.1, 0.15) is 39.5 Å². The van der Waals surface area contributed by atoms with E-state index in [1.165, 1.54) is 45.3 Å². The van der Waals surface area contributed by atoms with Crippen LogP contribution in [0.5, 0.6) is 0 Å². The maximum atomic E-state index is 5.20. The lowest BCUT2D eigenvalue weighted by atomic mass is 9.75. The van der Waals surface area contributed by atoms with Gasteiger partial charge in [0.05, 0.1) is 6.61 Å². The summed E-state index contributed by atoms with van der Waals surface area (Å²) in [5.74, 6) is 0. The Morgan fingerprint density at radius 2 is 1.94 bits per heavy atom. The van der Waals surface area contributed by atoms with Crippen LogP contribution in [-0.4, -0.2) is 51.3 Å². The molecule has 0 unspecified atom stereocenters. The van der Waals surface area contributed by atoms with E-state index in [-0.39, 0.29) is 0 Å². The fraction of sp³-hybridized carbons (Fsp3) is 1.00. The SMILES string of the molecule is CCCC1(CN(CC)CCOC)CCNCC1. The van der Waals surface area contributed by atoms with Crippen molar-refractivity contribution >= 4 is 0 Å². The van der Waals surface area contributed by atoms with E-state index < -0.39 is 0 Å². The predicted octanol–water partition coefficient (Wildman–Crippen LogP) is 2.12. The maximum absolute atomic E-state index is 5.20. The Kier molecular flexibility index (Phi) is 7.09. The van der Waals surface area contributed by atoms with Gasteiger partial charge in [-0.2, -0.15) is 0 Å². The van der Waals surface area contributed by atoms with Gasteiger partial charge in [0.1, 0.15) is 0 Å². The number of hydrogen-bond donors (Lipinski definition) is 1. The molecule has 1 aliphatic heterocycles. The van der Waals surface area contributed by atoms with Gasteiger partial charge in [-0.25, -0.2) is 0 Å². The van der Waals surface area contributed by atoms with E-state index in [0.717, 1.165) is 19.7 Å². The summed E-state index contributed by atoms with van der Waals surface area (Å²) in [4.78, 5) is 2.56. The van der Waals surface area contributed by atoms with Gasteiger partial charge in [-0.15, -0.1) is 0 Å². The van der Waals surface area contributed by atoms with E-state index in [4.69, 9.17) is 4.74 Å². The first-order valence-electron chi connectivity index (χ1n) is 7.18. The number of nitrogens with one attached hydrogen (secondary N) is 1. The van der Waals surface area contributed by atoms with Gasteiger partial charge in [0.15, 0.2) is 0 Å². The number of likely N-dealkylation sites (N-methyl/N-ethyl adjacent to an activating group) is 1. The third-order valence-electron chi connectivity index (χ3n) is 4.06. The number of rotatable bonds is 8. The quantitative estimate of drug-likeness (QED) is 0.705. The topological polar surface area (TPSA) is 24.5 Å². The largest absolute Gasteiger partial charge is 0.383 e. The second-order valence-corrected chi connectivity index (χ2v) is 5.36. The highest BCUT2D eigenvalue weighted by Crippen LogP contribution is 2.34. The summed E-state index contributed by atoms with van der Waals surface area (Å²) in [7, 11) is 1.79. The lowest BCUT2D eigenvalue weighted by Crippen LogP contribution is -2.45. The van der Waals surface area contributed by atoms with E-state index in [2.05, 4.69) is 24.1 Å². The fourth-order valence-electron chi connectivity index (χ4n) is 3.02. The molecule has 1 N–H and O–H groups in total. The fourth-order valence-corrected chi connectivity index (χ4v) is 3.02. The number of piperidine rings is 1. The van der Waals surface area contributed by atoms with E-state index in [1.54, 1.807) is 7.11 Å². The molecule has 0 aromatic rings. The minimum atomic E-state index is 0.559. The van der Waals surface area contributed by atoms with Crippen molar-refractivity contribution in [3.63, 3.8) is 0 Å². The molecule has 0 radical (unpaired) electrons. The number of methoxy groups -OCH3 is 1. The second-order valence-electron chi connectivity index (χ2n) is 5.36. The molecule has 1 fully saturated rings. The van der Waals surface area contributed by atoms with Gasteiger partial charge in [0, 0.05) is 20.2 Å². The zero-order valence-electron chi connectivity index (χ0n) is 11.9. The van der Waals surface area contributed by atoms with Crippen LogP contribution in [0.2, 0.25) is 0 Å². The molecule has 0 atom stereocenters. The number of nitrogens with zero attached hydrogens (tertiary/aromatic N) is 1. The van der Waals surface area contributed by atoms with Crippen LogP contribution < -0.4 is 5.32 Å². The van der Waals surface area contributed by atoms with Crippen LogP contribution in [0.25, 0.3) is 0 Å². The van der Waals surface area contributed by atoms with Crippen molar-refractivity contribution in [2.45, 2.75) is 39.5 Å². The standard InChI is InChI=1S/C14H30N2O/c1-4-6-14(7-9-15-10-8-14)13-16(5-2)11-12-17-3/h15H,4-13H2,1-3H3. The van der Waals surface area contributed by atoms with Crippen LogP contribution >= 0.6 is 0 Å². The molecule has 0 aromatic heterocycles. The molecule has 0 amide bonds. The first-order chi connectivity index (χ1) is 8.26. The van der Waals surface area contributed by atoms with E-state index in [1.807, 2.05) is 0 Å². The minimum Gasteiger partial charge on any atom is -0.383 e. The predicted molar refractivity (Wildman–Crippen MR) is 73.4 cm³/mol. The molecule has 17 heavy (non-hydrogen) atoms. The second kappa shape index (κ2) is 8.06. The van der Waals surface area contributed by atoms with E-state index >= 15 is 0 Å². The van der Waals surface area contributed by atoms with Gasteiger partial charge in [-0.05, 0) is 44.3 Å². The van der Waals surface area contributed by atoms with Crippen molar-refractivity contribution in [2.75, 3.05) is 46.4 Å². The van der Waals surface area contributed by atoms with Crippen molar-refractivity contribution in [1.29, 1.82) is 0 Å². The highest BCUT2D eigenvalue weighted by atomic mass is 16.5. The monoisotopic (exact) mass is 242 g/mol. The molecule has 1 rings (SSSR count). The summed E-state index contributed by atoms with van der Waals surface area (Å²) in [5, 5.41) is 3.49. The number of hydrogen-bond acceptors (Lipinski definition) is 3. The highest BCUT2D eigenvalue weighted by molar-refractivity contribution is 4.87. The van der Waals surface area contributed by atoms with Crippen LogP contribution in [0.4, 0.5) is 0 Å². The van der Waals surface area contributed by atoms with Crippen LogP contribution in [0.15, 0.2) is 0 Å². The first-order valence-corrected chi connectivity index (χ1v) is 7.18. The molecule has 3 heteroatoms. The Bertz CT molecular complexity index is 185. The smallest absolute Gasteiger partial charge is 0.0589 e. The first kappa shape index (κ1) is 14.9. The molecular formula is C14H30N2O. The Labute approximate surface area is 107 Å². The third-order valence-corrected chi connectivity index (χ3v) is 4.06. The van der Waals surface area contributed by atoms with Gasteiger partial charge in [-0.3, -0.25) is 0 Å². The molecule has 0 bridgehead atoms. The molecule has 1 aliphatic rings. The normalized spacial score (nSPS) is 19.8. The van der Waals surface area contributed by atoms with Crippen molar-refractivity contribution < 1.29 is 4.74 Å². The average Bonchev–Trinajstić information content (AvgIpc) is 2.36. The summed E-state index contributed by atoms with van der Waals surface area (Å²) >= 11 is 0. The summed E-state index contributed by atoms with van der Waals surface area (Å²) < 4.78 is 5.20. The zero-order valence-corrected chi connectivity index (χ0v) is 11.9. The zero-order chi connectivity index (χ0) is 12.6. The summed E-state index contributed by atoms with van der Waals surface area (Å²) in [6.45, 7) is 11.3. The van der Waals surface area contributed by atoms with Crippen molar-refractivity contribution in [3.8, 4) is 0 Å². The van der Waals surface area contributed by atoms with Gasteiger partial charge in [0.25, 0.3) is 0 Å². The Hall–Kier alpha value is -0.120. The summed E-state index contributed by atoms with van der Waals surface area (Å²) in [5.41, 5.74) is 0.559. The summed E-state index contributed by atoms with van der Waals surface area (Å²) in [6.07, 6.45) is 5.36. The van der Waals surface area contributed by atoms with Crippen molar-refractivity contribution in [1.82, 2.24) is 10.2 Å². The third kappa shape index (κ3) is 4.94. The van der Waals surface area contributed by atoms with Gasteiger partial charge >= 0.3 is 0 Å². The molecule has 1 heterocycles. The highest BCUT2D eigenvalue weighted by Gasteiger charge is 2.32. The average molecular weight is 242 g/mol. The molecule has 1 saturated heterocycles. The van der Waals surface area contributed by atoms with Gasteiger partial charge in [0.2, 0.25) is 0 Å². The molecule has 0 spiro atoms. The van der Waals surface area contributed by atoms with E-state index in [9.17, 15) is 0 Å². The Balaban J connectivity index is 2.50. The summed E-state index contributed by atoms with van der Waals surface area (Å²) in [6, 6.07) is 0. The number of ether oxygens (including phenoxy) is 1. The van der Waals surface area contributed by atoms with Crippen LogP contribution in [0, 0.1) is 5.41 Å². The van der Waals surface area contributed by atoms with E-state index in [0.29, 0.717) is 5.41 Å². The molecule has 0 aromatic carbocycles. The lowest BCUT2D eigenvalue weighted by Gasteiger charge is -2.41. The molecular weight excluding hydrogens is 212 g/mol. The maximum Gasteiger partial charge on any atom is 0.0589 e. The molecule has 102 valence electrons. The molecule has 0 aliphatic carbocycles. The molecule has 0 saturated carbocycles. The van der Waals surface area contributed by atoms with Crippen LogP contribution in [0.3, 0.4) is 0 Å². The van der Waals surface area contributed by atoms with Gasteiger partial charge < -0.3 is 15.0 Å². The van der Waals surface area contributed by atoms with Gasteiger partial charge in [-0.1, -0.05) is 20.3 Å². The Morgan fingerprint density at radius 1 is 1.24 bits per heavy atom. The molecule has 3 nitrogen and oxygen atoms in total. The van der Waals surface area contributed by atoms with Crippen LogP contribution in [-0.2, 0) is 4.74 Å².